The minimum absolute atomic E-state index is 0.117. The molecule has 1 aromatic heterocycles. The zero-order chi connectivity index (χ0) is 12.3. The van der Waals surface area contributed by atoms with Gasteiger partial charge in [0.25, 0.3) is 0 Å². The summed E-state index contributed by atoms with van der Waals surface area (Å²) in [6.45, 7) is 6.51. The summed E-state index contributed by atoms with van der Waals surface area (Å²) in [5, 5.41) is 7.31. The second-order valence-corrected chi connectivity index (χ2v) is 4.32. The van der Waals surface area contributed by atoms with Crippen LogP contribution in [0.2, 0.25) is 0 Å². The van der Waals surface area contributed by atoms with Crippen molar-refractivity contribution in [1.82, 2.24) is 25.0 Å². The summed E-state index contributed by atoms with van der Waals surface area (Å²) in [6.07, 6.45) is 4.07. The lowest BCUT2D eigenvalue weighted by atomic mass is 10.2. The smallest absolute Gasteiger partial charge is 0.247 e. The van der Waals surface area contributed by atoms with Crippen molar-refractivity contribution in [1.29, 1.82) is 0 Å². The Labute approximate surface area is 101 Å². The van der Waals surface area contributed by atoms with E-state index in [1.165, 1.54) is 6.33 Å². The van der Waals surface area contributed by atoms with Crippen LogP contribution < -0.4 is 5.32 Å². The molecule has 1 aliphatic heterocycles. The molecule has 2 atom stereocenters. The van der Waals surface area contributed by atoms with Crippen molar-refractivity contribution in [3.8, 4) is 0 Å². The molecule has 0 spiro atoms. The van der Waals surface area contributed by atoms with Gasteiger partial charge < -0.3 is 10.2 Å². The highest BCUT2D eigenvalue weighted by Gasteiger charge is 2.29. The Morgan fingerprint density at radius 3 is 3.06 bits per heavy atom. The predicted octanol–water partition coefficient (Wildman–Crippen LogP) is 0.0495. The van der Waals surface area contributed by atoms with Crippen LogP contribution in [-0.4, -0.2) is 51.2 Å². The SMILES string of the molecule is CCN(C(=O)C(C)n1cncn1)C1CCNC1. The van der Waals surface area contributed by atoms with Gasteiger partial charge in [-0.15, -0.1) is 0 Å². The number of rotatable bonds is 4. The minimum atomic E-state index is -0.280. The highest BCUT2D eigenvalue weighted by atomic mass is 16.2. The zero-order valence-electron chi connectivity index (χ0n) is 10.3. The van der Waals surface area contributed by atoms with Crippen LogP contribution in [0.25, 0.3) is 0 Å². The lowest BCUT2D eigenvalue weighted by molar-refractivity contribution is -0.136. The summed E-state index contributed by atoms with van der Waals surface area (Å²) < 4.78 is 1.60. The van der Waals surface area contributed by atoms with Crippen molar-refractivity contribution in [3.05, 3.63) is 12.7 Å². The molecule has 0 radical (unpaired) electrons. The summed E-state index contributed by atoms with van der Waals surface area (Å²) >= 11 is 0. The van der Waals surface area contributed by atoms with Crippen molar-refractivity contribution in [2.45, 2.75) is 32.4 Å². The predicted molar refractivity (Wildman–Crippen MR) is 63.4 cm³/mol. The molecule has 1 N–H and O–H groups in total. The third-order valence-corrected chi connectivity index (χ3v) is 3.29. The number of aromatic nitrogens is 3. The maximum atomic E-state index is 12.4. The number of nitrogens with one attached hydrogen (secondary N) is 1. The van der Waals surface area contributed by atoms with Gasteiger partial charge in [0.2, 0.25) is 5.91 Å². The second-order valence-electron chi connectivity index (χ2n) is 4.32. The largest absolute Gasteiger partial charge is 0.337 e. The van der Waals surface area contributed by atoms with Crippen molar-refractivity contribution in [3.63, 3.8) is 0 Å². The zero-order valence-corrected chi connectivity index (χ0v) is 10.3. The lowest BCUT2D eigenvalue weighted by Crippen LogP contribution is -2.44. The van der Waals surface area contributed by atoms with E-state index in [0.29, 0.717) is 6.04 Å². The molecule has 6 nitrogen and oxygen atoms in total. The van der Waals surface area contributed by atoms with Crippen LogP contribution in [0, 0.1) is 0 Å². The number of likely N-dealkylation sites (N-methyl/N-ethyl adjacent to an activating group) is 1. The maximum Gasteiger partial charge on any atom is 0.247 e. The first kappa shape index (κ1) is 12.0. The molecule has 2 heterocycles. The minimum Gasteiger partial charge on any atom is -0.337 e. The molecule has 2 unspecified atom stereocenters. The number of nitrogens with zero attached hydrogens (tertiary/aromatic N) is 4. The quantitative estimate of drug-likeness (QED) is 0.803. The third kappa shape index (κ3) is 2.46. The van der Waals surface area contributed by atoms with Crippen LogP contribution in [0.5, 0.6) is 0 Å². The molecular formula is C11H19N5O. The summed E-state index contributed by atoms with van der Waals surface area (Å²) in [7, 11) is 0. The van der Waals surface area contributed by atoms with Gasteiger partial charge in [0.05, 0.1) is 0 Å². The molecular weight excluding hydrogens is 218 g/mol. The molecule has 0 aliphatic carbocycles. The Kier molecular flexibility index (Phi) is 3.73. The molecule has 17 heavy (non-hydrogen) atoms. The van der Waals surface area contributed by atoms with E-state index in [4.69, 9.17) is 0 Å². The average Bonchev–Trinajstić information content (AvgIpc) is 3.01. The highest BCUT2D eigenvalue weighted by Crippen LogP contribution is 2.14. The van der Waals surface area contributed by atoms with Crippen molar-refractivity contribution < 1.29 is 4.79 Å². The van der Waals surface area contributed by atoms with E-state index in [1.807, 2.05) is 18.7 Å². The fourth-order valence-corrected chi connectivity index (χ4v) is 2.27. The second kappa shape index (κ2) is 5.27. The van der Waals surface area contributed by atoms with E-state index >= 15 is 0 Å². The van der Waals surface area contributed by atoms with Crippen LogP contribution in [0.3, 0.4) is 0 Å². The van der Waals surface area contributed by atoms with Crippen LogP contribution in [0.15, 0.2) is 12.7 Å². The van der Waals surface area contributed by atoms with E-state index in [0.717, 1.165) is 26.1 Å². The van der Waals surface area contributed by atoms with Gasteiger partial charge in [0, 0.05) is 19.1 Å². The number of carbonyl (C=O) groups excluding carboxylic acids is 1. The molecule has 0 aromatic carbocycles. The van der Waals surface area contributed by atoms with Crippen molar-refractivity contribution >= 4 is 5.91 Å². The molecule has 1 fully saturated rings. The van der Waals surface area contributed by atoms with Crippen LogP contribution in [0.4, 0.5) is 0 Å². The molecule has 6 heteroatoms. The van der Waals surface area contributed by atoms with Gasteiger partial charge in [-0.25, -0.2) is 9.67 Å². The number of hydrogen-bond donors (Lipinski definition) is 1. The van der Waals surface area contributed by atoms with Gasteiger partial charge in [-0.1, -0.05) is 0 Å². The number of amides is 1. The average molecular weight is 237 g/mol. The Morgan fingerprint density at radius 2 is 2.53 bits per heavy atom. The molecule has 1 saturated heterocycles. The summed E-state index contributed by atoms with van der Waals surface area (Å²) in [5.41, 5.74) is 0. The first-order valence-corrected chi connectivity index (χ1v) is 6.09. The van der Waals surface area contributed by atoms with Gasteiger partial charge in [-0.2, -0.15) is 5.10 Å². The van der Waals surface area contributed by atoms with Gasteiger partial charge in [-0.05, 0) is 26.8 Å². The molecule has 1 aliphatic rings. The monoisotopic (exact) mass is 237 g/mol. The molecule has 0 bridgehead atoms. The van der Waals surface area contributed by atoms with Crippen LogP contribution in [0.1, 0.15) is 26.3 Å². The topological polar surface area (TPSA) is 63.1 Å². The van der Waals surface area contributed by atoms with E-state index in [-0.39, 0.29) is 11.9 Å². The number of hydrogen-bond acceptors (Lipinski definition) is 4. The molecule has 94 valence electrons. The van der Waals surface area contributed by atoms with E-state index < -0.39 is 0 Å². The van der Waals surface area contributed by atoms with E-state index in [1.54, 1.807) is 11.0 Å². The number of carbonyl (C=O) groups is 1. The van der Waals surface area contributed by atoms with Crippen LogP contribution >= 0.6 is 0 Å². The molecule has 0 saturated carbocycles. The molecule has 2 rings (SSSR count). The Morgan fingerprint density at radius 1 is 1.71 bits per heavy atom. The normalized spacial score (nSPS) is 21.4. The summed E-state index contributed by atoms with van der Waals surface area (Å²) in [4.78, 5) is 18.2. The Balaban J connectivity index is 2.06. The standard InChI is InChI=1S/C11H19N5O/c1-3-15(10-4-5-12-6-10)11(17)9(2)16-8-13-7-14-16/h7-10,12H,3-6H2,1-2H3. The third-order valence-electron chi connectivity index (χ3n) is 3.29. The summed E-state index contributed by atoms with van der Waals surface area (Å²) in [5.74, 6) is 0.117. The Hall–Kier alpha value is -1.43. The van der Waals surface area contributed by atoms with Crippen LogP contribution in [-0.2, 0) is 4.79 Å². The Bertz CT molecular complexity index is 358. The fourth-order valence-electron chi connectivity index (χ4n) is 2.27. The highest BCUT2D eigenvalue weighted by molar-refractivity contribution is 5.80. The summed E-state index contributed by atoms with van der Waals surface area (Å²) in [6, 6.07) is 0.0384. The molecule has 1 amide bonds. The van der Waals surface area contributed by atoms with E-state index in [2.05, 4.69) is 15.4 Å². The first-order chi connectivity index (χ1) is 8.24. The maximum absolute atomic E-state index is 12.4. The van der Waals surface area contributed by atoms with E-state index in [9.17, 15) is 4.79 Å². The molecule has 1 aromatic rings. The first-order valence-electron chi connectivity index (χ1n) is 6.09. The van der Waals surface area contributed by atoms with Crippen molar-refractivity contribution in [2.24, 2.45) is 0 Å². The van der Waals surface area contributed by atoms with Gasteiger partial charge in [-0.3, -0.25) is 4.79 Å². The van der Waals surface area contributed by atoms with Crippen molar-refractivity contribution in [2.75, 3.05) is 19.6 Å². The fraction of sp³-hybridized carbons (Fsp3) is 0.727. The van der Waals surface area contributed by atoms with Gasteiger partial charge in [0.15, 0.2) is 0 Å². The van der Waals surface area contributed by atoms with Gasteiger partial charge in [0.1, 0.15) is 18.7 Å². The lowest BCUT2D eigenvalue weighted by Gasteiger charge is -2.29. The van der Waals surface area contributed by atoms with Gasteiger partial charge >= 0.3 is 0 Å².